The summed E-state index contributed by atoms with van der Waals surface area (Å²) in [5.41, 5.74) is 0. The van der Waals surface area contributed by atoms with Crippen LogP contribution in [0, 0.1) is 11.8 Å². The SMILES string of the molecule is CCCCCCCCC#CC(C)[O]. The van der Waals surface area contributed by atoms with Crippen molar-refractivity contribution in [1.82, 2.24) is 0 Å². The molecule has 0 N–H and O–H groups in total. The largest absolute Gasteiger partial charge is 0.219 e. The zero-order chi connectivity index (χ0) is 9.94. The predicted molar refractivity (Wildman–Crippen MR) is 55.9 cm³/mol. The molecule has 1 radical (unpaired) electrons. The summed E-state index contributed by atoms with van der Waals surface area (Å²) in [5.74, 6) is 5.56. The molecule has 0 spiro atoms. The van der Waals surface area contributed by atoms with Crippen molar-refractivity contribution in [2.24, 2.45) is 0 Å². The topological polar surface area (TPSA) is 19.9 Å². The third-order valence-electron chi connectivity index (χ3n) is 1.96. The maximum atomic E-state index is 10.5. The van der Waals surface area contributed by atoms with E-state index in [2.05, 4.69) is 18.8 Å². The van der Waals surface area contributed by atoms with Gasteiger partial charge in [-0.05, 0) is 13.3 Å². The standard InChI is InChI=1S/C12H21O/c1-3-4-5-6-7-8-9-10-11-12(2)13/h12H,3-9H2,1-2H3. The molecule has 0 aromatic carbocycles. The Labute approximate surface area is 82.5 Å². The average Bonchev–Trinajstić information content (AvgIpc) is 2.09. The quantitative estimate of drug-likeness (QED) is 0.441. The van der Waals surface area contributed by atoms with Gasteiger partial charge in [-0.2, -0.15) is 0 Å². The third kappa shape index (κ3) is 11.5. The van der Waals surface area contributed by atoms with E-state index in [4.69, 9.17) is 0 Å². The van der Waals surface area contributed by atoms with E-state index < -0.39 is 6.10 Å². The van der Waals surface area contributed by atoms with Crippen molar-refractivity contribution in [3.8, 4) is 11.8 Å². The summed E-state index contributed by atoms with van der Waals surface area (Å²) in [6.45, 7) is 3.81. The van der Waals surface area contributed by atoms with Gasteiger partial charge in [0, 0.05) is 6.42 Å². The van der Waals surface area contributed by atoms with Gasteiger partial charge in [0.05, 0.1) is 0 Å². The molecule has 75 valence electrons. The molecule has 0 aliphatic rings. The Morgan fingerprint density at radius 2 is 1.69 bits per heavy atom. The van der Waals surface area contributed by atoms with Gasteiger partial charge in [0.25, 0.3) is 0 Å². The van der Waals surface area contributed by atoms with E-state index in [1.54, 1.807) is 6.92 Å². The van der Waals surface area contributed by atoms with Gasteiger partial charge in [0.15, 0.2) is 6.10 Å². The lowest BCUT2D eigenvalue weighted by Crippen LogP contribution is -1.89. The fourth-order valence-electron chi connectivity index (χ4n) is 1.21. The molecule has 1 nitrogen and oxygen atoms in total. The summed E-state index contributed by atoms with van der Waals surface area (Å²) in [7, 11) is 0. The number of hydrogen-bond acceptors (Lipinski definition) is 0. The van der Waals surface area contributed by atoms with Crippen LogP contribution in [0.15, 0.2) is 0 Å². The molecule has 0 saturated carbocycles. The third-order valence-corrected chi connectivity index (χ3v) is 1.96. The van der Waals surface area contributed by atoms with Crippen molar-refractivity contribution in [2.45, 2.75) is 64.9 Å². The predicted octanol–water partition coefficient (Wildman–Crippen LogP) is 3.56. The lowest BCUT2D eigenvalue weighted by atomic mass is 10.1. The van der Waals surface area contributed by atoms with E-state index in [1.165, 1.54) is 32.1 Å². The van der Waals surface area contributed by atoms with Crippen molar-refractivity contribution in [3.63, 3.8) is 0 Å². The molecule has 0 fully saturated rings. The minimum absolute atomic E-state index is 0.708. The van der Waals surface area contributed by atoms with Crippen LogP contribution in [0.5, 0.6) is 0 Å². The molecule has 0 bridgehead atoms. The first-order valence-corrected chi connectivity index (χ1v) is 5.41. The highest BCUT2D eigenvalue weighted by Gasteiger charge is 1.88. The highest BCUT2D eigenvalue weighted by molar-refractivity contribution is 5.02. The first-order chi connectivity index (χ1) is 6.27. The van der Waals surface area contributed by atoms with Crippen LogP contribution >= 0.6 is 0 Å². The van der Waals surface area contributed by atoms with Crippen LogP contribution in [0.3, 0.4) is 0 Å². The molecular formula is C12H21O. The van der Waals surface area contributed by atoms with Crippen LogP contribution in [0.2, 0.25) is 0 Å². The molecule has 0 heterocycles. The van der Waals surface area contributed by atoms with Crippen molar-refractivity contribution in [1.29, 1.82) is 0 Å². The molecule has 0 aliphatic carbocycles. The summed E-state index contributed by atoms with van der Waals surface area (Å²) in [4.78, 5) is 0. The van der Waals surface area contributed by atoms with Crippen LogP contribution in [0.1, 0.15) is 58.8 Å². The van der Waals surface area contributed by atoms with Gasteiger partial charge in [-0.15, -0.1) is 5.92 Å². The van der Waals surface area contributed by atoms with Crippen molar-refractivity contribution < 1.29 is 5.11 Å². The Hall–Kier alpha value is -0.480. The summed E-state index contributed by atoms with van der Waals surface area (Å²) in [6.07, 6.45) is 7.94. The zero-order valence-corrected chi connectivity index (χ0v) is 8.94. The van der Waals surface area contributed by atoms with Gasteiger partial charge in [-0.3, -0.25) is 0 Å². The summed E-state index contributed by atoms with van der Waals surface area (Å²) < 4.78 is 0. The van der Waals surface area contributed by atoms with E-state index in [1.807, 2.05) is 0 Å². The minimum Gasteiger partial charge on any atom is -0.219 e. The molecule has 0 saturated heterocycles. The Morgan fingerprint density at radius 3 is 2.31 bits per heavy atom. The molecule has 13 heavy (non-hydrogen) atoms. The van der Waals surface area contributed by atoms with Crippen molar-refractivity contribution in [3.05, 3.63) is 0 Å². The molecule has 1 atom stereocenters. The highest BCUT2D eigenvalue weighted by atomic mass is 16.3. The zero-order valence-electron chi connectivity index (χ0n) is 8.94. The number of unbranched alkanes of at least 4 members (excludes halogenated alkanes) is 6. The van der Waals surface area contributed by atoms with Crippen molar-refractivity contribution in [2.75, 3.05) is 0 Å². The Bertz CT molecular complexity index is 150. The van der Waals surface area contributed by atoms with Crippen LogP contribution < -0.4 is 0 Å². The number of hydrogen-bond donors (Lipinski definition) is 0. The minimum atomic E-state index is -0.708. The maximum Gasteiger partial charge on any atom is 0.150 e. The normalized spacial score (nSPS) is 11.9. The van der Waals surface area contributed by atoms with E-state index >= 15 is 0 Å². The van der Waals surface area contributed by atoms with Gasteiger partial charge in [0.2, 0.25) is 0 Å². The smallest absolute Gasteiger partial charge is 0.150 e. The maximum absolute atomic E-state index is 10.5. The van der Waals surface area contributed by atoms with E-state index in [0.717, 1.165) is 12.8 Å². The van der Waals surface area contributed by atoms with Crippen LogP contribution in [-0.2, 0) is 5.11 Å². The lowest BCUT2D eigenvalue weighted by molar-refractivity contribution is 0.154. The summed E-state index contributed by atoms with van der Waals surface area (Å²) in [5, 5.41) is 10.5. The summed E-state index contributed by atoms with van der Waals surface area (Å²) >= 11 is 0. The second-order valence-corrected chi connectivity index (χ2v) is 3.48. The number of rotatable bonds is 6. The molecule has 0 aromatic rings. The molecule has 0 aliphatic heterocycles. The lowest BCUT2D eigenvalue weighted by Gasteiger charge is -1.96. The second-order valence-electron chi connectivity index (χ2n) is 3.48. The molecule has 0 aromatic heterocycles. The molecule has 0 rings (SSSR count). The second kappa shape index (κ2) is 9.61. The molecule has 1 unspecified atom stereocenters. The van der Waals surface area contributed by atoms with Crippen molar-refractivity contribution >= 4 is 0 Å². The van der Waals surface area contributed by atoms with Crippen LogP contribution in [0.4, 0.5) is 0 Å². The fourth-order valence-corrected chi connectivity index (χ4v) is 1.21. The van der Waals surface area contributed by atoms with Gasteiger partial charge < -0.3 is 0 Å². The van der Waals surface area contributed by atoms with Crippen LogP contribution in [0.25, 0.3) is 0 Å². The van der Waals surface area contributed by atoms with Gasteiger partial charge in [-0.25, -0.2) is 5.11 Å². The highest BCUT2D eigenvalue weighted by Crippen LogP contribution is 2.05. The van der Waals surface area contributed by atoms with Gasteiger partial charge >= 0.3 is 0 Å². The summed E-state index contributed by atoms with van der Waals surface area (Å²) in [6, 6.07) is 0. The van der Waals surface area contributed by atoms with E-state index in [9.17, 15) is 5.11 Å². The van der Waals surface area contributed by atoms with Gasteiger partial charge in [0.1, 0.15) is 0 Å². The monoisotopic (exact) mass is 181 g/mol. The van der Waals surface area contributed by atoms with E-state index in [0.29, 0.717) is 0 Å². The fraction of sp³-hybridized carbons (Fsp3) is 0.833. The Morgan fingerprint density at radius 1 is 1.08 bits per heavy atom. The van der Waals surface area contributed by atoms with Gasteiger partial charge in [-0.1, -0.05) is 44.9 Å². The molecule has 1 heteroatoms. The van der Waals surface area contributed by atoms with Crippen LogP contribution in [-0.4, -0.2) is 6.10 Å². The first kappa shape index (κ1) is 12.5. The average molecular weight is 181 g/mol. The Balaban J connectivity index is 3.05. The Kier molecular flexibility index (Phi) is 9.25. The molecular weight excluding hydrogens is 160 g/mol. The first-order valence-electron chi connectivity index (χ1n) is 5.41. The molecule has 0 amide bonds. The van der Waals surface area contributed by atoms with E-state index in [-0.39, 0.29) is 0 Å².